The summed E-state index contributed by atoms with van der Waals surface area (Å²) in [5.41, 5.74) is 0.447. The highest BCUT2D eigenvalue weighted by atomic mass is 35.5. The number of halogens is 3. The lowest BCUT2D eigenvalue weighted by molar-refractivity contribution is -0.136. The molecule has 8 heteroatoms. The molecule has 1 atom stereocenters. The summed E-state index contributed by atoms with van der Waals surface area (Å²) < 4.78 is 13.6. The van der Waals surface area contributed by atoms with E-state index in [4.69, 9.17) is 11.6 Å². The molecule has 1 unspecified atom stereocenters. The van der Waals surface area contributed by atoms with Crippen LogP contribution in [0.5, 0.6) is 0 Å². The lowest BCUT2D eigenvalue weighted by Crippen LogP contribution is -2.48. The minimum absolute atomic E-state index is 0. The van der Waals surface area contributed by atoms with Gasteiger partial charge in [-0.3, -0.25) is 9.59 Å². The number of anilines is 1. The number of hydrogen-bond donors (Lipinski definition) is 1. The van der Waals surface area contributed by atoms with Gasteiger partial charge < -0.3 is 15.1 Å². The van der Waals surface area contributed by atoms with E-state index in [1.807, 2.05) is 0 Å². The van der Waals surface area contributed by atoms with Gasteiger partial charge in [0.15, 0.2) is 0 Å². The van der Waals surface area contributed by atoms with Crippen LogP contribution in [0.2, 0.25) is 5.02 Å². The summed E-state index contributed by atoms with van der Waals surface area (Å²) in [6, 6.07) is 4.25. The van der Waals surface area contributed by atoms with Gasteiger partial charge in [0.1, 0.15) is 5.82 Å². The minimum atomic E-state index is -0.566. The van der Waals surface area contributed by atoms with Gasteiger partial charge in [-0.1, -0.05) is 11.6 Å². The van der Waals surface area contributed by atoms with Crippen LogP contribution in [0, 0.1) is 11.7 Å². The zero-order valence-electron chi connectivity index (χ0n) is 12.4. The van der Waals surface area contributed by atoms with Crippen LogP contribution >= 0.6 is 24.0 Å². The van der Waals surface area contributed by atoms with Crippen LogP contribution in [0.25, 0.3) is 0 Å². The molecule has 2 aliphatic rings. The molecule has 0 spiro atoms. The van der Waals surface area contributed by atoms with E-state index in [1.54, 1.807) is 11.0 Å². The standard InChI is InChI=1S/C15H17ClFN3O2.ClH/c16-12-2-1-11(8-13(12)17)20-9-10(7-14(20)21)15(22)19-5-3-18-4-6-19;/h1-2,8,10,18H,3-7,9H2;1H. The third-order valence-electron chi connectivity index (χ3n) is 4.12. The molecule has 2 saturated heterocycles. The number of piperazine rings is 1. The zero-order valence-corrected chi connectivity index (χ0v) is 14.0. The number of amides is 2. The summed E-state index contributed by atoms with van der Waals surface area (Å²) in [5.74, 6) is -1.07. The molecule has 1 N–H and O–H groups in total. The highest BCUT2D eigenvalue weighted by molar-refractivity contribution is 6.30. The van der Waals surface area contributed by atoms with E-state index in [-0.39, 0.29) is 41.6 Å². The van der Waals surface area contributed by atoms with Crippen molar-refractivity contribution in [2.75, 3.05) is 37.6 Å². The highest BCUT2D eigenvalue weighted by Crippen LogP contribution is 2.28. The van der Waals surface area contributed by atoms with Crippen LogP contribution in [0.3, 0.4) is 0 Å². The van der Waals surface area contributed by atoms with E-state index < -0.39 is 5.82 Å². The van der Waals surface area contributed by atoms with E-state index in [2.05, 4.69) is 5.32 Å². The maximum atomic E-state index is 13.6. The Hall–Kier alpha value is -1.37. The Morgan fingerprint density at radius 3 is 2.65 bits per heavy atom. The van der Waals surface area contributed by atoms with E-state index in [0.29, 0.717) is 25.3 Å². The Morgan fingerprint density at radius 1 is 1.30 bits per heavy atom. The number of nitrogens with one attached hydrogen (secondary N) is 1. The molecule has 0 bridgehead atoms. The van der Waals surface area contributed by atoms with E-state index in [1.165, 1.54) is 17.0 Å². The molecule has 2 aliphatic heterocycles. The molecule has 23 heavy (non-hydrogen) atoms. The lowest BCUT2D eigenvalue weighted by Gasteiger charge is -2.29. The first-order valence-electron chi connectivity index (χ1n) is 7.31. The van der Waals surface area contributed by atoms with Gasteiger partial charge in [-0.2, -0.15) is 0 Å². The molecule has 2 heterocycles. The average Bonchev–Trinajstić information content (AvgIpc) is 2.92. The maximum absolute atomic E-state index is 13.6. The summed E-state index contributed by atoms with van der Waals surface area (Å²) in [6.45, 7) is 3.18. The Balaban J connectivity index is 0.00000192. The normalized spacial score (nSPS) is 21.3. The third kappa shape index (κ3) is 3.76. The predicted octanol–water partition coefficient (Wildman–Crippen LogP) is 1.69. The molecule has 0 aromatic heterocycles. The zero-order chi connectivity index (χ0) is 15.7. The molecule has 3 rings (SSSR count). The summed E-state index contributed by atoms with van der Waals surface area (Å²) in [6.07, 6.45) is 0.174. The van der Waals surface area contributed by atoms with Crippen LogP contribution in [-0.2, 0) is 9.59 Å². The highest BCUT2D eigenvalue weighted by Gasteiger charge is 2.37. The fourth-order valence-electron chi connectivity index (χ4n) is 2.92. The summed E-state index contributed by atoms with van der Waals surface area (Å²) in [7, 11) is 0. The third-order valence-corrected chi connectivity index (χ3v) is 4.42. The van der Waals surface area contributed by atoms with Crippen molar-refractivity contribution in [1.29, 1.82) is 0 Å². The molecule has 126 valence electrons. The second-order valence-corrected chi connectivity index (χ2v) is 5.99. The quantitative estimate of drug-likeness (QED) is 0.871. The van der Waals surface area contributed by atoms with E-state index in [9.17, 15) is 14.0 Å². The first-order valence-corrected chi connectivity index (χ1v) is 7.69. The SMILES string of the molecule is Cl.O=C(C1CC(=O)N(c2ccc(Cl)c(F)c2)C1)N1CCNCC1. The second-order valence-electron chi connectivity index (χ2n) is 5.58. The van der Waals surface area contributed by atoms with Crippen LogP contribution in [0.4, 0.5) is 10.1 Å². The van der Waals surface area contributed by atoms with Crippen LogP contribution < -0.4 is 10.2 Å². The fraction of sp³-hybridized carbons (Fsp3) is 0.467. The van der Waals surface area contributed by atoms with Crippen molar-refractivity contribution in [2.24, 2.45) is 5.92 Å². The molecule has 0 radical (unpaired) electrons. The second kappa shape index (κ2) is 7.47. The van der Waals surface area contributed by atoms with Gasteiger partial charge in [0.2, 0.25) is 11.8 Å². The van der Waals surface area contributed by atoms with Crippen molar-refractivity contribution >= 4 is 41.5 Å². The number of hydrogen-bond acceptors (Lipinski definition) is 3. The van der Waals surface area contributed by atoms with Crippen molar-refractivity contribution in [3.8, 4) is 0 Å². The Bertz CT molecular complexity index is 608. The molecular formula is C15H18Cl2FN3O2. The number of carbonyl (C=O) groups is 2. The predicted molar refractivity (Wildman–Crippen MR) is 88.6 cm³/mol. The van der Waals surface area contributed by atoms with Crippen LogP contribution in [0.15, 0.2) is 18.2 Å². The summed E-state index contributed by atoms with van der Waals surface area (Å²) >= 11 is 5.66. The molecule has 0 saturated carbocycles. The van der Waals surface area contributed by atoms with Crippen molar-refractivity contribution < 1.29 is 14.0 Å². The number of rotatable bonds is 2. The average molecular weight is 362 g/mol. The lowest BCUT2D eigenvalue weighted by atomic mass is 10.1. The minimum Gasteiger partial charge on any atom is -0.340 e. The topological polar surface area (TPSA) is 52.7 Å². The van der Waals surface area contributed by atoms with Gasteiger partial charge in [-0.15, -0.1) is 12.4 Å². The van der Waals surface area contributed by atoms with Crippen molar-refractivity contribution in [2.45, 2.75) is 6.42 Å². The molecule has 2 amide bonds. The first kappa shape index (κ1) is 18.0. The maximum Gasteiger partial charge on any atom is 0.228 e. The van der Waals surface area contributed by atoms with Gasteiger partial charge in [0.25, 0.3) is 0 Å². The van der Waals surface area contributed by atoms with Gasteiger partial charge in [0.05, 0.1) is 10.9 Å². The van der Waals surface area contributed by atoms with Crippen LogP contribution in [-0.4, -0.2) is 49.4 Å². The molecule has 1 aromatic carbocycles. The molecule has 2 fully saturated rings. The molecule has 0 aliphatic carbocycles. The smallest absolute Gasteiger partial charge is 0.228 e. The molecule has 1 aromatic rings. The summed E-state index contributed by atoms with van der Waals surface area (Å²) in [4.78, 5) is 27.9. The van der Waals surface area contributed by atoms with Gasteiger partial charge in [0, 0.05) is 44.8 Å². The first-order chi connectivity index (χ1) is 10.6. The van der Waals surface area contributed by atoms with Crippen molar-refractivity contribution in [3.05, 3.63) is 29.0 Å². The number of benzene rings is 1. The van der Waals surface area contributed by atoms with Crippen molar-refractivity contribution in [3.63, 3.8) is 0 Å². The Labute approximate surface area is 145 Å². The number of carbonyl (C=O) groups excluding carboxylic acids is 2. The van der Waals surface area contributed by atoms with E-state index >= 15 is 0 Å². The van der Waals surface area contributed by atoms with Crippen molar-refractivity contribution in [1.82, 2.24) is 10.2 Å². The molecular weight excluding hydrogens is 344 g/mol. The van der Waals surface area contributed by atoms with Gasteiger partial charge in [-0.05, 0) is 18.2 Å². The Kier molecular flexibility index (Phi) is 5.84. The summed E-state index contributed by atoms with van der Waals surface area (Å²) in [5, 5.41) is 3.21. The van der Waals surface area contributed by atoms with E-state index in [0.717, 1.165) is 13.1 Å². The van der Waals surface area contributed by atoms with Crippen LogP contribution in [0.1, 0.15) is 6.42 Å². The Morgan fingerprint density at radius 2 is 2.00 bits per heavy atom. The fourth-order valence-corrected chi connectivity index (χ4v) is 3.04. The molecule has 5 nitrogen and oxygen atoms in total. The van der Waals surface area contributed by atoms with Gasteiger partial charge >= 0.3 is 0 Å². The largest absolute Gasteiger partial charge is 0.340 e. The number of nitrogens with zero attached hydrogens (tertiary/aromatic N) is 2. The monoisotopic (exact) mass is 361 g/mol. The van der Waals surface area contributed by atoms with Gasteiger partial charge in [-0.25, -0.2) is 4.39 Å².